The quantitative estimate of drug-likeness (QED) is 0.556. The number of nitrogens with one attached hydrogen (secondary N) is 2. The van der Waals surface area contributed by atoms with Gasteiger partial charge >= 0.3 is 0 Å². The number of amides is 2. The highest BCUT2D eigenvalue weighted by Gasteiger charge is 2.36. The molecule has 1 saturated heterocycles. The zero-order chi connectivity index (χ0) is 24.3. The molecule has 3 aromatic rings. The van der Waals surface area contributed by atoms with Crippen molar-refractivity contribution in [2.24, 2.45) is 0 Å². The SMILES string of the molecule is CCC(=O)N(C1CCNCC1)S(=O)(=O)c1ccc(NC(=O)c2ccccc2C)c2ccccc12. The van der Waals surface area contributed by atoms with Crippen LogP contribution in [0.15, 0.2) is 65.6 Å². The molecule has 0 spiro atoms. The van der Waals surface area contributed by atoms with Crippen molar-refractivity contribution in [2.45, 2.75) is 44.0 Å². The molecule has 0 unspecified atom stereocenters. The summed E-state index contributed by atoms with van der Waals surface area (Å²) in [4.78, 5) is 25.8. The molecular formula is C26H29N3O4S. The fourth-order valence-electron chi connectivity index (χ4n) is 4.46. The van der Waals surface area contributed by atoms with Gasteiger partial charge in [0.25, 0.3) is 15.9 Å². The van der Waals surface area contributed by atoms with E-state index in [0.29, 0.717) is 48.0 Å². The minimum atomic E-state index is -4.10. The van der Waals surface area contributed by atoms with E-state index in [0.717, 1.165) is 9.87 Å². The molecule has 0 atom stereocenters. The molecule has 1 aliphatic heterocycles. The lowest BCUT2D eigenvalue weighted by Crippen LogP contribution is -2.48. The molecule has 0 aliphatic carbocycles. The van der Waals surface area contributed by atoms with Gasteiger partial charge in [-0.1, -0.05) is 49.4 Å². The molecule has 0 bridgehead atoms. The van der Waals surface area contributed by atoms with Gasteiger partial charge in [-0.2, -0.15) is 0 Å². The highest BCUT2D eigenvalue weighted by molar-refractivity contribution is 7.90. The number of anilines is 1. The molecule has 0 aromatic heterocycles. The number of piperidine rings is 1. The summed E-state index contributed by atoms with van der Waals surface area (Å²) in [6, 6.07) is 17.0. The van der Waals surface area contributed by atoms with E-state index in [9.17, 15) is 18.0 Å². The van der Waals surface area contributed by atoms with Crippen molar-refractivity contribution in [1.29, 1.82) is 0 Å². The van der Waals surface area contributed by atoms with Crippen LogP contribution in [0.25, 0.3) is 10.8 Å². The third-order valence-electron chi connectivity index (χ3n) is 6.25. The summed E-state index contributed by atoms with van der Waals surface area (Å²) in [6.45, 7) is 4.87. The molecule has 1 heterocycles. The number of hydrogen-bond acceptors (Lipinski definition) is 5. The van der Waals surface area contributed by atoms with E-state index in [-0.39, 0.29) is 23.3 Å². The summed E-state index contributed by atoms with van der Waals surface area (Å²) in [5.74, 6) is -0.677. The van der Waals surface area contributed by atoms with Crippen molar-refractivity contribution in [3.8, 4) is 0 Å². The Morgan fingerprint density at radius 2 is 1.62 bits per heavy atom. The lowest BCUT2D eigenvalue weighted by molar-refractivity contribution is -0.128. The van der Waals surface area contributed by atoms with E-state index in [1.54, 1.807) is 49.4 Å². The summed E-state index contributed by atoms with van der Waals surface area (Å²) in [5.41, 5.74) is 1.91. The van der Waals surface area contributed by atoms with Crippen LogP contribution in [0.2, 0.25) is 0 Å². The van der Waals surface area contributed by atoms with Gasteiger partial charge in [0.1, 0.15) is 0 Å². The smallest absolute Gasteiger partial charge is 0.267 e. The van der Waals surface area contributed by atoms with E-state index >= 15 is 0 Å². The Hall–Kier alpha value is -3.23. The first-order chi connectivity index (χ1) is 16.3. The number of rotatable bonds is 6. The highest BCUT2D eigenvalue weighted by atomic mass is 32.2. The van der Waals surface area contributed by atoms with Crippen molar-refractivity contribution in [2.75, 3.05) is 18.4 Å². The van der Waals surface area contributed by atoms with Gasteiger partial charge in [0.2, 0.25) is 5.91 Å². The number of carbonyl (C=O) groups excluding carboxylic acids is 2. The van der Waals surface area contributed by atoms with Crippen LogP contribution in [0, 0.1) is 6.92 Å². The van der Waals surface area contributed by atoms with Crippen LogP contribution in [0.4, 0.5) is 5.69 Å². The molecule has 2 amide bonds. The van der Waals surface area contributed by atoms with Gasteiger partial charge in [0.05, 0.1) is 10.9 Å². The predicted molar refractivity (Wildman–Crippen MR) is 133 cm³/mol. The molecule has 1 fully saturated rings. The summed E-state index contributed by atoms with van der Waals surface area (Å²) >= 11 is 0. The van der Waals surface area contributed by atoms with E-state index < -0.39 is 15.9 Å². The maximum Gasteiger partial charge on any atom is 0.267 e. The monoisotopic (exact) mass is 479 g/mol. The van der Waals surface area contributed by atoms with Crippen LogP contribution in [-0.2, 0) is 14.8 Å². The van der Waals surface area contributed by atoms with Crippen LogP contribution in [0.5, 0.6) is 0 Å². The van der Waals surface area contributed by atoms with Gasteiger partial charge < -0.3 is 10.6 Å². The number of benzene rings is 3. The third kappa shape index (κ3) is 4.56. The second-order valence-corrected chi connectivity index (χ2v) is 10.2. The zero-order valence-electron chi connectivity index (χ0n) is 19.4. The molecular weight excluding hydrogens is 450 g/mol. The Morgan fingerprint density at radius 3 is 2.29 bits per heavy atom. The van der Waals surface area contributed by atoms with E-state index in [1.807, 2.05) is 19.1 Å². The van der Waals surface area contributed by atoms with Crippen molar-refractivity contribution in [3.63, 3.8) is 0 Å². The second-order valence-electron chi connectivity index (χ2n) is 8.46. The Labute approximate surface area is 200 Å². The predicted octanol–water partition coefficient (Wildman–Crippen LogP) is 4.08. The fourth-order valence-corrected chi connectivity index (χ4v) is 6.37. The Morgan fingerprint density at radius 1 is 0.971 bits per heavy atom. The Balaban J connectivity index is 1.77. The lowest BCUT2D eigenvalue weighted by Gasteiger charge is -2.34. The van der Waals surface area contributed by atoms with Crippen LogP contribution in [0.1, 0.15) is 42.1 Å². The minimum Gasteiger partial charge on any atom is -0.321 e. The Bertz CT molecular complexity index is 1330. The van der Waals surface area contributed by atoms with Gasteiger partial charge in [-0.3, -0.25) is 9.59 Å². The first-order valence-electron chi connectivity index (χ1n) is 11.5. The summed E-state index contributed by atoms with van der Waals surface area (Å²) in [5, 5.41) is 7.20. The average molecular weight is 480 g/mol. The standard InChI is InChI=1S/C26H29N3O4S/c1-3-25(30)29(19-14-16-27-17-15-19)34(32,33)24-13-12-23(21-10-6-7-11-22(21)24)28-26(31)20-9-5-4-8-18(20)2/h4-13,19,27H,3,14-17H2,1-2H3,(H,28,31). The first-order valence-corrected chi connectivity index (χ1v) is 12.9. The van der Waals surface area contributed by atoms with Gasteiger partial charge in [0.15, 0.2) is 0 Å². The topological polar surface area (TPSA) is 95.6 Å². The van der Waals surface area contributed by atoms with Gasteiger partial charge in [0, 0.05) is 28.4 Å². The van der Waals surface area contributed by atoms with Crippen molar-refractivity contribution < 1.29 is 18.0 Å². The van der Waals surface area contributed by atoms with Crippen molar-refractivity contribution >= 4 is 38.3 Å². The lowest BCUT2D eigenvalue weighted by atomic mass is 10.1. The van der Waals surface area contributed by atoms with Gasteiger partial charge in [-0.05, 0) is 56.6 Å². The molecule has 2 N–H and O–H groups in total. The number of nitrogens with zero attached hydrogens (tertiary/aromatic N) is 1. The normalized spacial score (nSPS) is 14.6. The minimum absolute atomic E-state index is 0.0670. The average Bonchev–Trinajstić information content (AvgIpc) is 2.84. The van der Waals surface area contributed by atoms with Crippen LogP contribution < -0.4 is 10.6 Å². The van der Waals surface area contributed by atoms with Gasteiger partial charge in [-0.25, -0.2) is 12.7 Å². The molecule has 0 saturated carbocycles. The third-order valence-corrected chi connectivity index (χ3v) is 8.18. The van der Waals surface area contributed by atoms with E-state index in [1.165, 1.54) is 6.07 Å². The van der Waals surface area contributed by atoms with Crippen molar-refractivity contribution in [1.82, 2.24) is 9.62 Å². The number of sulfonamides is 1. The van der Waals surface area contributed by atoms with E-state index in [4.69, 9.17) is 0 Å². The molecule has 7 nitrogen and oxygen atoms in total. The largest absolute Gasteiger partial charge is 0.321 e. The maximum absolute atomic E-state index is 13.8. The Kier molecular flexibility index (Phi) is 7.00. The number of aryl methyl sites for hydroxylation is 1. The molecule has 34 heavy (non-hydrogen) atoms. The highest BCUT2D eigenvalue weighted by Crippen LogP contribution is 2.33. The number of carbonyl (C=O) groups is 2. The summed E-state index contributed by atoms with van der Waals surface area (Å²) < 4.78 is 28.8. The molecule has 1 aliphatic rings. The van der Waals surface area contributed by atoms with Crippen LogP contribution >= 0.6 is 0 Å². The van der Waals surface area contributed by atoms with Crippen LogP contribution in [0.3, 0.4) is 0 Å². The van der Waals surface area contributed by atoms with Gasteiger partial charge in [-0.15, -0.1) is 0 Å². The molecule has 4 rings (SSSR count). The first kappa shape index (κ1) is 23.9. The number of fused-ring (bicyclic) bond motifs is 1. The maximum atomic E-state index is 13.8. The molecule has 178 valence electrons. The van der Waals surface area contributed by atoms with Crippen molar-refractivity contribution in [3.05, 3.63) is 71.8 Å². The van der Waals surface area contributed by atoms with E-state index in [2.05, 4.69) is 10.6 Å². The summed E-state index contributed by atoms with van der Waals surface area (Å²) in [7, 11) is -4.10. The molecule has 3 aromatic carbocycles. The van der Waals surface area contributed by atoms with Crippen LogP contribution in [-0.4, -0.2) is 43.7 Å². The fraction of sp³-hybridized carbons (Fsp3) is 0.308. The molecule has 0 radical (unpaired) electrons. The second kappa shape index (κ2) is 9.95. The zero-order valence-corrected chi connectivity index (χ0v) is 20.2. The summed E-state index contributed by atoms with van der Waals surface area (Å²) in [6.07, 6.45) is 1.26. The molecule has 8 heteroatoms. The number of hydrogen-bond donors (Lipinski definition) is 2.